The Morgan fingerprint density at radius 2 is 1.96 bits per heavy atom. The van der Waals surface area contributed by atoms with Gasteiger partial charge in [0.1, 0.15) is 12.4 Å². The molecule has 0 aliphatic heterocycles. The van der Waals surface area contributed by atoms with Gasteiger partial charge in [0.25, 0.3) is 0 Å². The average molecular weight is 391 g/mol. The lowest BCUT2D eigenvalue weighted by Gasteiger charge is -2.24. The first-order valence-corrected chi connectivity index (χ1v) is 10.1. The minimum atomic E-state index is 0.203. The van der Waals surface area contributed by atoms with Crippen LogP contribution in [0.15, 0.2) is 23.2 Å². The van der Waals surface area contributed by atoms with Crippen molar-refractivity contribution in [3.8, 4) is 5.75 Å². The summed E-state index contributed by atoms with van der Waals surface area (Å²) in [5, 5.41) is 9.60. The monoisotopic (exact) mass is 390 g/mol. The quantitative estimate of drug-likeness (QED) is 0.306. The smallest absolute Gasteiger partial charge is 0.223 e. The molecular formula is C21H34N4O3. The molecule has 7 nitrogen and oxygen atoms in total. The third-order valence-corrected chi connectivity index (χ3v) is 4.86. The van der Waals surface area contributed by atoms with Crippen LogP contribution in [0.25, 0.3) is 0 Å². The van der Waals surface area contributed by atoms with Crippen molar-refractivity contribution in [2.24, 2.45) is 10.9 Å². The van der Waals surface area contributed by atoms with Gasteiger partial charge in [-0.1, -0.05) is 18.6 Å². The lowest BCUT2D eigenvalue weighted by molar-refractivity contribution is -0.127. The Kier molecular flexibility index (Phi) is 9.62. The largest absolute Gasteiger partial charge is 0.491 e. The fourth-order valence-electron chi connectivity index (χ4n) is 2.90. The predicted molar refractivity (Wildman–Crippen MR) is 112 cm³/mol. The highest BCUT2D eigenvalue weighted by Crippen LogP contribution is 2.26. The first-order chi connectivity index (χ1) is 13.6. The number of aryl methyl sites for hydroxylation is 1. The number of hydrogen-bond acceptors (Lipinski definition) is 4. The molecule has 1 aromatic rings. The standard InChI is InChI=1S/C21H34N4O3/c1-16-8-9-18(19(14-16)28-13-12-27-3)15-25-21(22-2)24-11-5-10-23-20(26)17-6-4-7-17/h8-9,14,17H,4-7,10-13,15H2,1-3H3,(H,23,26)(H2,22,24,25). The van der Waals surface area contributed by atoms with Crippen molar-refractivity contribution in [1.29, 1.82) is 0 Å². The van der Waals surface area contributed by atoms with Gasteiger partial charge in [0.15, 0.2) is 5.96 Å². The molecular weight excluding hydrogens is 356 g/mol. The van der Waals surface area contributed by atoms with Gasteiger partial charge in [-0.15, -0.1) is 0 Å². The number of carbonyl (C=O) groups excluding carboxylic acids is 1. The summed E-state index contributed by atoms with van der Waals surface area (Å²) in [6, 6.07) is 6.17. The normalized spacial score (nSPS) is 14.3. The molecule has 0 radical (unpaired) electrons. The summed E-state index contributed by atoms with van der Waals surface area (Å²) >= 11 is 0. The Labute approximate surface area is 168 Å². The third kappa shape index (κ3) is 7.38. The van der Waals surface area contributed by atoms with E-state index >= 15 is 0 Å². The number of nitrogens with one attached hydrogen (secondary N) is 3. The zero-order chi connectivity index (χ0) is 20.2. The van der Waals surface area contributed by atoms with Crippen LogP contribution in [-0.2, 0) is 16.1 Å². The molecule has 0 aromatic heterocycles. The van der Waals surface area contributed by atoms with E-state index < -0.39 is 0 Å². The second-order valence-electron chi connectivity index (χ2n) is 7.08. The van der Waals surface area contributed by atoms with Crippen molar-refractivity contribution in [1.82, 2.24) is 16.0 Å². The number of amides is 1. The summed E-state index contributed by atoms with van der Waals surface area (Å²) in [6.07, 6.45) is 4.12. The van der Waals surface area contributed by atoms with Crippen LogP contribution in [0, 0.1) is 12.8 Å². The molecule has 28 heavy (non-hydrogen) atoms. The van der Waals surface area contributed by atoms with E-state index in [-0.39, 0.29) is 11.8 Å². The number of carbonyl (C=O) groups is 1. The van der Waals surface area contributed by atoms with Crippen molar-refractivity contribution in [2.75, 3.05) is 40.5 Å². The minimum absolute atomic E-state index is 0.203. The maximum Gasteiger partial charge on any atom is 0.223 e. The van der Waals surface area contributed by atoms with Crippen LogP contribution < -0.4 is 20.7 Å². The van der Waals surface area contributed by atoms with Crippen LogP contribution in [0.5, 0.6) is 5.75 Å². The maximum absolute atomic E-state index is 11.8. The zero-order valence-electron chi connectivity index (χ0n) is 17.3. The third-order valence-electron chi connectivity index (χ3n) is 4.86. The number of aliphatic imine (C=N–C) groups is 1. The van der Waals surface area contributed by atoms with Crippen LogP contribution in [0.3, 0.4) is 0 Å². The first kappa shape index (κ1) is 22.0. The molecule has 156 valence electrons. The SMILES string of the molecule is CN=C(NCCCNC(=O)C1CCC1)NCc1ccc(C)cc1OCCOC. The molecule has 1 amide bonds. The molecule has 1 aromatic carbocycles. The van der Waals surface area contributed by atoms with Crippen molar-refractivity contribution in [3.63, 3.8) is 0 Å². The Bertz CT molecular complexity index is 645. The molecule has 0 spiro atoms. The molecule has 0 saturated heterocycles. The number of ether oxygens (including phenoxy) is 2. The zero-order valence-corrected chi connectivity index (χ0v) is 17.3. The first-order valence-electron chi connectivity index (χ1n) is 10.1. The summed E-state index contributed by atoms with van der Waals surface area (Å²) in [5.74, 6) is 2.04. The van der Waals surface area contributed by atoms with E-state index in [1.165, 1.54) is 6.42 Å². The van der Waals surface area contributed by atoms with Crippen LogP contribution in [0.1, 0.15) is 36.8 Å². The van der Waals surface area contributed by atoms with Gasteiger partial charge in [0, 0.05) is 45.3 Å². The van der Waals surface area contributed by atoms with Crippen LogP contribution in [0.4, 0.5) is 0 Å². The highest BCUT2D eigenvalue weighted by atomic mass is 16.5. The van der Waals surface area contributed by atoms with Gasteiger partial charge < -0.3 is 25.4 Å². The lowest BCUT2D eigenvalue weighted by atomic mass is 9.85. The second kappa shape index (κ2) is 12.2. The van der Waals surface area contributed by atoms with E-state index in [9.17, 15) is 4.79 Å². The highest BCUT2D eigenvalue weighted by Gasteiger charge is 2.24. The molecule has 2 rings (SSSR count). The van der Waals surface area contributed by atoms with Gasteiger partial charge in [-0.2, -0.15) is 0 Å². The summed E-state index contributed by atoms with van der Waals surface area (Å²) in [6.45, 7) is 5.17. The predicted octanol–water partition coefficient (Wildman–Crippen LogP) is 1.99. The second-order valence-corrected chi connectivity index (χ2v) is 7.08. The van der Waals surface area contributed by atoms with Gasteiger partial charge in [-0.25, -0.2) is 0 Å². The minimum Gasteiger partial charge on any atom is -0.491 e. The molecule has 0 heterocycles. The van der Waals surface area contributed by atoms with Gasteiger partial charge in [-0.3, -0.25) is 9.79 Å². The van der Waals surface area contributed by atoms with Crippen LogP contribution in [0.2, 0.25) is 0 Å². The fourth-order valence-corrected chi connectivity index (χ4v) is 2.90. The van der Waals surface area contributed by atoms with Crippen molar-refractivity contribution >= 4 is 11.9 Å². The van der Waals surface area contributed by atoms with E-state index in [0.29, 0.717) is 26.3 Å². The lowest BCUT2D eigenvalue weighted by Crippen LogP contribution is -2.39. The van der Waals surface area contributed by atoms with Gasteiger partial charge in [0.2, 0.25) is 5.91 Å². The molecule has 3 N–H and O–H groups in total. The highest BCUT2D eigenvalue weighted by molar-refractivity contribution is 5.80. The number of nitrogens with zero attached hydrogens (tertiary/aromatic N) is 1. The molecule has 0 bridgehead atoms. The van der Waals surface area contributed by atoms with E-state index in [2.05, 4.69) is 33.1 Å². The molecule has 1 saturated carbocycles. The number of hydrogen-bond donors (Lipinski definition) is 3. The number of guanidine groups is 1. The van der Waals surface area contributed by atoms with Crippen molar-refractivity contribution < 1.29 is 14.3 Å². The number of methoxy groups -OCH3 is 1. The average Bonchev–Trinajstić information content (AvgIpc) is 2.64. The Morgan fingerprint density at radius 1 is 1.18 bits per heavy atom. The maximum atomic E-state index is 11.8. The summed E-state index contributed by atoms with van der Waals surface area (Å²) in [4.78, 5) is 16.1. The van der Waals surface area contributed by atoms with E-state index in [1.54, 1.807) is 14.2 Å². The van der Waals surface area contributed by atoms with Crippen LogP contribution in [-0.4, -0.2) is 52.3 Å². The van der Waals surface area contributed by atoms with Crippen molar-refractivity contribution in [2.45, 2.75) is 39.2 Å². The summed E-state index contributed by atoms with van der Waals surface area (Å²) in [5.41, 5.74) is 2.22. The number of rotatable bonds is 11. The molecule has 0 unspecified atom stereocenters. The van der Waals surface area contributed by atoms with E-state index in [0.717, 1.165) is 48.6 Å². The topological polar surface area (TPSA) is 84.0 Å². The van der Waals surface area contributed by atoms with Crippen molar-refractivity contribution in [3.05, 3.63) is 29.3 Å². The van der Waals surface area contributed by atoms with Crippen LogP contribution >= 0.6 is 0 Å². The molecule has 1 aliphatic rings. The fraction of sp³-hybridized carbons (Fsp3) is 0.619. The Balaban J connectivity index is 1.70. The molecule has 1 aliphatic carbocycles. The summed E-state index contributed by atoms with van der Waals surface area (Å²) in [7, 11) is 3.41. The molecule has 1 fully saturated rings. The summed E-state index contributed by atoms with van der Waals surface area (Å²) < 4.78 is 10.9. The molecule has 7 heteroatoms. The van der Waals surface area contributed by atoms with Gasteiger partial charge >= 0.3 is 0 Å². The van der Waals surface area contributed by atoms with Gasteiger partial charge in [-0.05, 0) is 37.8 Å². The molecule has 0 atom stereocenters. The van der Waals surface area contributed by atoms with E-state index in [1.807, 2.05) is 13.0 Å². The Morgan fingerprint density at radius 3 is 2.64 bits per heavy atom. The van der Waals surface area contributed by atoms with E-state index in [4.69, 9.17) is 9.47 Å². The Hall–Kier alpha value is -2.28. The number of benzene rings is 1. The van der Waals surface area contributed by atoms with Gasteiger partial charge in [0.05, 0.1) is 6.61 Å².